The topological polar surface area (TPSA) is 59.1 Å². The standard InChI is InChI=1S/C32H41ClN2O4/c1-21-9-14-24(27(19-21)38-5)25-15-16-32(34-17-7-6-8-18-34)26(28(25)22-10-12-23(33)13-11-22)20-35(29(32)36)30(37)39-31(2,3)4/h9-14,19,25-26,28H,6-8,15-18,20H2,1-5H3. The zero-order chi connectivity index (χ0) is 27.9. The van der Waals surface area contributed by atoms with Crippen LogP contribution in [0.25, 0.3) is 0 Å². The number of likely N-dealkylation sites (tertiary alicyclic amines) is 2. The van der Waals surface area contributed by atoms with Gasteiger partial charge in [0.2, 0.25) is 0 Å². The highest BCUT2D eigenvalue weighted by atomic mass is 35.5. The first kappa shape index (κ1) is 28.0. The molecule has 0 spiro atoms. The van der Waals surface area contributed by atoms with Crippen LogP contribution in [0, 0.1) is 12.8 Å². The number of hydrogen-bond donors (Lipinski definition) is 0. The van der Waals surface area contributed by atoms with Crippen molar-refractivity contribution in [2.24, 2.45) is 5.92 Å². The second kappa shape index (κ2) is 10.8. The number of carbonyl (C=O) groups is 2. The van der Waals surface area contributed by atoms with E-state index in [0.29, 0.717) is 18.0 Å². The van der Waals surface area contributed by atoms with Gasteiger partial charge in [0.25, 0.3) is 5.91 Å². The van der Waals surface area contributed by atoms with E-state index >= 15 is 0 Å². The molecule has 2 aromatic carbocycles. The Morgan fingerprint density at radius 2 is 1.74 bits per heavy atom. The van der Waals surface area contributed by atoms with Gasteiger partial charge in [0, 0.05) is 17.5 Å². The SMILES string of the molecule is COc1cc(C)ccc1C1CCC2(N3CCCCC3)C(=O)N(C(=O)OC(C)(C)C)CC2C1c1ccc(Cl)cc1. The van der Waals surface area contributed by atoms with E-state index in [4.69, 9.17) is 21.1 Å². The number of piperidine rings is 1. The van der Waals surface area contributed by atoms with Crippen molar-refractivity contribution in [1.82, 2.24) is 9.80 Å². The van der Waals surface area contributed by atoms with E-state index in [0.717, 1.165) is 54.8 Å². The number of fused-ring (bicyclic) bond motifs is 1. The van der Waals surface area contributed by atoms with Crippen LogP contribution in [0.5, 0.6) is 5.75 Å². The number of halogens is 1. The quantitative estimate of drug-likeness (QED) is 0.411. The Labute approximate surface area is 237 Å². The fourth-order valence-corrected chi connectivity index (χ4v) is 7.41. The Hall–Kier alpha value is -2.57. The third-order valence-corrected chi connectivity index (χ3v) is 9.14. The average molecular weight is 553 g/mol. The molecule has 1 aliphatic carbocycles. The summed E-state index contributed by atoms with van der Waals surface area (Å²) < 4.78 is 11.6. The van der Waals surface area contributed by atoms with Gasteiger partial charge in [0.05, 0.1) is 7.11 Å². The van der Waals surface area contributed by atoms with Gasteiger partial charge in [0.1, 0.15) is 16.9 Å². The van der Waals surface area contributed by atoms with E-state index < -0.39 is 17.2 Å². The van der Waals surface area contributed by atoms with Crippen LogP contribution in [-0.2, 0) is 9.53 Å². The molecule has 0 radical (unpaired) electrons. The van der Waals surface area contributed by atoms with Crippen molar-refractivity contribution < 1.29 is 19.1 Å². The van der Waals surface area contributed by atoms with Gasteiger partial charge in [-0.25, -0.2) is 9.69 Å². The van der Waals surface area contributed by atoms with Crippen molar-refractivity contribution in [3.05, 3.63) is 64.2 Å². The van der Waals surface area contributed by atoms with Gasteiger partial charge in [-0.1, -0.05) is 42.3 Å². The van der Waals surface area contributed by atoms with Crippen molar-refractivity contribution in [2.45, 2.75) is 82.8 Å². The Balaban J connectivity index is 1.65. The van der Waals surface area contributed by atoms with E-state index in [2.05, 4.69) is 42.2 Å². The molecule has 5 rings (SSSR count). The molecule has 3 aliphatic rings. The highest BCUT2D eigenvalue weighted by molar-refractivity contribution is 6.30. The van der Waals surface area contributed by atoms with Gasteiger partial charge in [-0.15, -0.1) is 0 Å². The molecule has 0 N–H and O–H groups in total. The molecule has 4 unspecified atom stereocenters. The summed E-state index contributed by atoms with van der Waals surface area (Å²) in [5.41, 5.74) is 2.01. The molecule has 7 heteroatoms. The Bertz CT molecular complexity index is 1220. The molecular formula is C32H41ClN2O4. The first-order valence-electron chi connectivity index (χ1n) is 14.2. The summed E-state index contributed by atoms with van der Waals surface area (Å²) in [7, 11) is 1.72. The summed E-state index contributed by atoms with van der Waals surface area (Å²) in [6.45, 7) is 9.67. The van der Waals surface area contributed by atoms with Crippen molar-refractivity contribution >= 4 is 23.6 Å². The zero-order valence-electron chi connectivity index (χ0n) is 23.8. The van der Waals surface area contributed by atoms with Crippen LogP contribution in [0.15, 0.2) is 42.5 Å². The molecule has 210 valence electrons. The normalized spacial score (nSPS) is 27.8. The lowest BCUT2D eigenvalue weighted by Gasteiger charge is -2.52. The fourth-order valence-electron chi connectivity index (χ4n) is 7.28. The van der Waals surface area contributed by atoms with Crippen LogP contribution in [0.2, 0.25) is 5.02 Å². The number of hydrogen-bond acceptors (Lipinski definition) is 5. The number of aryl methyl sites for hydroxylation is 1. The Morgan fingerprint density at radius 3 is 2.38 bits per heavy atom. The number of carbonyl (C=O) groups excluding carboxylic acids is 2. The van der Waals surface area contributed by atoms with Gasteiger partial charge in [-0.3, -0.25) is 9.69 Å². The van der Waals surface area contributed by atoms with E-state index in [1.54, 1.807) is 7.11 Å². The Morgan fingerprint density at radius 1 is 1.05 bits per heavy atom. The number of nitrogens with zero attached hydrogens (tertiary/aromatic N) is 2. The van der Waals surface area contributed by atoms with Crippen molar-refractivity contribution in [1.29, 1.82) is 0 Å². The lowest BCUT2D eigenvalue weighted by Crippen LogP contribution is -2.62. The van der Waals surface area contributed by atoms with Gasteiger partial charge in [0.15, 0.2) is 0 Å². The maximum Gasteiger partial charge on any atom is 0.417 e. The van der Waals surface area contributed by atoms with Gasteiger partial charge < -0.3 is 9.47 Å². The van der Waals surface area contributed by atoms with E-state index in [1.807, 2.05) is 32.9 Å². The van der Waals surface area contributed by atoms with Gasteiger partial charge in [-0.05, 0) is 113 Å². The molecule has 0 aromatic heterocycles. The van der Waals surface area contributed by atoms with Crippen LogP contribution in [0.4, 0.5) is 4.79 Å². The summed E-state index contributed by atoms with van der Waals surface area (Å²) >= 11 is 6.33. The van der Waals surface area contributed by atoms with Crippen molar-refractivity contribution in [3.8, 4) is 5.75 Å². The molecular weight excluding hydrogens is 512 g/mol. The number of rotatable bonds is 4. The molecule has 1 saturated carbocycles. The number of ether oxygens (including phenoxy) is 2. The average Bonchev–Trinajstić information content (AvgIpc) is 3.21. The molecule has 2 amide bonds. The maximum atomic E-state index is 14.5. The lowest BCUT2D eigenvalue weighted by molar-refractivity contribution is -0.141. The predicted octanol–water partition coefficient (Wildman–Crippen LogP) is 6.94. The first-order chi connectivity index (χ1) is 18.5. The molecule has 3 fully saturated rings. The minimum absolute atomic E-state index is 0.00839. The monoisotopic (exact) mass is 552 g/mol. The number of methoxy groups -OCH3 is 1. The number of imide groups is 1. The lowest BCUT2D eigenvalue weighted by atomic mass is 9.59. The first-order valence-corrected chi connectivity index (χ1v) is 14.6. The summed E-state index contributed by atoms with van der Waals surface area (Å²) in [5.74, 6) is 0.790. The predicted molar refractivity (Wildman–Crippen MR) is 153 cm³/mol. The minimum atomic E-state index is -0.740. The fraction of sp³-hybridized carbons (Fsp3) is 0.562. The maximum absolute atomic E-state index is 14.5. The largest absolute Gasteiger partial charge is 0.496 e. The highest BCUT2D eigenvalue weighted by Gasteiger charge is 2.64. The summed E-state index contributed by atoms with van der Waals surface area (Å²) in [5, 5.41) is 0.680. The van der Waals surface area contributed by atoms with E-state index in [-0.39, 0.29) is 23.7 Å². The van der Waals surface area contributed by atoms with Crippen LogP contribution < -0.4 is 4.74 Å². The summed E-state index contributed by atoms with van der Waals surface area (Å²) in [4.78, 5) is 31.7. The van der Waals surface area contributed by atoms with Crippen molar-refractivity contribution in [3.63, 3.8) is 0 Å². The smallest absolute Gasteiger partial charge is 0.417 e. The summed E-state index contributed by atoms with van der Waals surface area (Å²) in [6.07, 6.45) is 4.27. The highest BCUT2D eigenvalue weighted by Crippen LogP contribution is 2.58. The van der Waals surface area contributed by atoms with Gasteiger partial charge >= 0.3 is 6.09 Å². The van der Waals surface area contributed by atoms with Crippen LogP contribution in [0.3, 0.4) is 0 Å². The molecule has 0 bridgehead atoms. The second-order valence-electron chi connectivity index (χ2n) is 12.4. The van der Waals surface area contributed by atoms with Crippen LogP contribution >= 0.6 is 11.6 Å². The summed E-state index contributed by atoms with van der Waals surface area (Å²) in [6, 6.07) is 14.4. The Kier molecular flexibility index (Phi) is 7.73. The minimum Gasteiger partial charge on any atom is -0.496 e. The van der Waals surface area contributed by atoms with E-state index in [9.17, 15) is 9.59 Å². The van der Waals surface area contributed by atoms with E-state index in [1.165, 1.54) is 11.3 Å². The molecule has 2 saturated heterocycles. The molecule has 2 aromatic rings. The third-order valence-electron chi connectivity index (χ3n) is 8.89. The molecule has 6 nitrogen and oxygen atoms in total. The molecule has 2 heterocycles. The van der Waals surface area contributed by atoms with Crippen LogP contribution in [-0.4, -0.2) is 59.7 Å². The number of benzene rings is 2. The number of amides is 2. The molecule has 39 heavy (non-hydrogen) atoms. The van der Waals surface area contributed by atoms with Crippen molar-refractivity contribution in [2.75, 3.05) is 26.7 Å². The third kappa shape index (κ3) is 5.18. The second-order valence-corrected chi connectivity index (χ2v) is 12.9. The molecule has 2 aliphatic heterocycles. The van der Waals surface area contributed by atoms with Crippen LogP contribution in [0.1, 0.15) is 81.4 Å². The van der Waals surface area contributed by atoms with Gasteiger partial charge in [-0.2, -0.15) is 0 Å². The zero-order valence-corrected chi connectivity index (χ0v) is 24.6. The molecule has 4 atom stereocenters.